The van der Waals surface area contributed by atoms with Gasteiger partial charge in [0.1, 0.15) is 5.75 Å². The molecule has 0 amide bonds. The number of esters is 1. The van der Waals surface area contributed by atoms with Crippen LogP contribution in [-0.4, -0.2) is 35.2 Å². The summed E-state index contributed by atoms with van der Waals surface area (Å²) in [6, 6.07) is 14.2. The summed E-state index contributed by atoms with van der Waals surface area (Å²) < 4.78 is 11.8. The largest absolute Gasteiger partial charge is 0.496 e. The van der Waals surface area contributed by atoms with Gasteiger partial charge < -0.3 is 9.47 Å². The van der Waals surface area contributed by atoms with Crippen LogP contribution in [0.15, 0.2) is 60.9 Å². The number of carbonyl (C=O) groups is 2. The van der Waals surface area contributed by atoms with E-state index >= 15 is 0 Å². The molecule has 0 aliphatic heterocycles. The molecular formula is C20H17ClN2O4. The number of Topliss-reactive ketones (excluding diaryl/α,β-unsaturated/α-hetero) is 1. The Labute approximate surface area is 161 Å². The standard InChI is InChI=1S/C20H17ClN2O4/c1-26-19-9-5-3-7-16(19)18(24)13-27-20(25)15-10-22-23(12-15)11-14-6-2-4-8-17(14)21/h2-10,12H,11,13H2,1H3. The minimum Gasteiger partial charge on any atom is -0.496 e. The zero-order valence-corrected chi connectivity index (χ0v) is 15.3. The molecule has 3 rings (SSSR count). The summed E-state index contributed by atoms with van der Waals surface area (Å²) in [5.41, 5.74) is 1.51. The minimum atomic E-state index is -0.622. The molecule has 2 aromatic carbocycles. The van der Waals surface area contributed by atoms with Crippen molar-refractivity contribution in [3.8, 4) is 5.75 Å². The van der Waals surface area contributed by atoms with Crippen LogP contribution in [-0.2, 0) is 11.3 Å². The highest BCUT2D eigenvalue weighted by molar-refractivity contribution is 6.31. The van der Waals surface area contributed by atoms with E-state index in [-0.39, 0.29) is 18.0 Å². The molecule has 138 valence electrons. The molecule has 0 spiro atoms. The fraction of sp³-hybridized carbons (Fsp3) is 0.150. The average Bonchev–Trinajstić information content (AvgIpc) is 3.16. The molecule has 0 unspecified atom stereocenters. The second-order valence-electron chi connectivity index (χ2n) is 5.72. The Hall–Kier alpha value is -3.12. The van der Waals surface area contributed by atoms with Crippen LogP contribution in [0.4, 0.5) is 0 Å². The predicted octanol–water partition coefficient (Wildman–Crippen LogP) is 3.63. The van der Waals surface area contributed by atoms with Crippen LogP contribution < -0.4 is 4.74 Å². The Morgan fingerprint density at radius 2 is 1.85 bits per heavy atom. The fourth-order valence-electron chi connectivity index (χ4n) is 2.52. The Morgan fingerprint density at radius 3 is 2.63 bits per heavy atom. The molecule has 0 bridgehead atoms. The van der Waals surface area contributed by atoms with Crippen molar-refractivity contribution >= 4 is 23.4 Å². The molecule has 0 aliphatic rings. The van der Waals surface area contributed by atoms with Gasteiger partial charge in [0.15, 0.2) is 6.61 Å². The molecular weight excluding hydrogens is 368 g/mol. The fourth-order valence-corrected chi connectivity index (χ4v) is 2.72. The topological polar surface area (TPSA) is 70.4 Å². The van der Waals surface area contributed by atoms with Crippen LogP contribution in [0.3, 0.4) is 0 Å². The molecule has 27 heavy (non-hydrogen) atoms. The van der Waals surface area contributed by atoms with Crippen LogP contribution in [0.1, 0.15) is 26.3 Å². The summed E-state index contributed by atoms with van der Waals surface area (Å²) in [7, 11) is 1.48. The van der Waals surface area contributed by atoms with Gasteiger partial charge in [0.05, 0.1) is 31.0 Å². The van der Waals surface area contributed by atoms with E-state index in [9.17, 15) is 9.59 Å². The lowest BCUT2D eigenvalue weighted by Crippen LogP contribution is -2.14. The predicted molar refractivity (Wildman–Crippen MR) is 100 cm³/mol. The molecule has 1 aromatic heterocycles. The Morgan fingerprint density at radius 1 is 1.11 bits per heavy atom. The van der Waals surface area contributed by atoms with Crippen LogP contribution in [0.25, 0.3) is 0 Å². The van der Waals surface area contributed by atoms with E-state index in [4.69, 9.17) is 21.1 Å². The highest BCUT2D eigenvalue weighted by Crippen LogP contribution is 2.18. The highest BCUT2D eigenvalue weighted by atomic mass is 35.5. The van der Waals surface area contributed by atoms with Crippen molar-refractivity contribution in [2.75, 3.05) is 13.7 Å². The number of ether oxygens (including phenoxy) is 2. The van der Waals surface area contributed by atoms with Crippen LogP contribution >= 0.6 is 11.6 Å². The van der Waals surface area contributed by atoms with Crippen molar-refractivity contribution in [2.45, 2.75) is 6.54 Å². The number of carbonyl (C=O) groups excluding carboxylic acids is 2. The van der Waals surface area contributed by atoms with Gasteiger partial charge in [-0.05, 0) is 23.8 Å². The van der Waals surface area contributed by atoms with Gasteiger partial charge >= 0.3 is 5.97 Å². The number of rotatable bonds is 7. The van der Waals surface area contributed by atoms with Crippen molar-refractivity contribution in [2.24, 2.45) is 0 Å². The normalized spacial score (nSPS) is 10.4. The van der Waals surface area contributed by atoms with Crippen molar-refractivity contribution in [1.29, 1.82) is 0 Å². The smallest absolute Gasteiger partial charge is 0.341 e. The molecule has 7 heteroatoms. The number of hydrogen-bond donors (Lipinski definition) is 0. The van der Waals surface area contributed by atoms with E-state index in [0.717, 1.165) is 5.56 Å². The number of methoxy groups -OCH3 is 1. The number of ketones is 1. The van der Waals surface area contributed by atoms with E-state index in [1.54, 1.807) is 41.2 Å². The number of hydrogen-bond acceptors (Lipinski definition) is 5. The number of nitrogens with zero attached hydrogens (tertiary/aromatic N) is 2. The Balaban J connectivity index is 1.61. The Kier molecular flexibility index (Phi) is 5.88. The highest BCUT2D eigenvalue weighted by Gasteiger charge is 2.16. The van der Waals surface area contributed by atoms with Crippen molar-refractivity contribution in [1.82, 2.24) is 9.78 Å². The quantitative estimate of drug-likeness (QED) is 0.459. The monoisotopic (exact) mass is 384 g/mol. The number of aromatic nitrogens is 2. The van der Waals surface area contributed by atoms with Gasteiger partial charge in [-0.1, -0.05) is 41.9 Å². The number of benzene rings is 2. The second-order valence-corrected chi connectivity index (χ2v) is 6.12. The molecule has 0 fully saturated rings. The number of para-hydroxylation sites is 1. The Bertz CT molecular complexity index is 968. The SMILES string of the molecule is COc1ccccc1C(=O)COC(=O)c1cnn(Cc2ccccc2Cl)c1. The minimum absolute atomic E-state index is 0.259. The second kappa shape index (κ2) is 8.51. The first-order chi connectivity index (χ1) is 13.1. The van der Waals surface area contributed by atoms with Crippen molar-refractivity contribution in [3.05, 3.63) is 82.6 Å². The molecule has 0 saturated heterocycles. The first-order valence-electron chi connectivity index (χ1n) is 8.17. The maximum atomic E-state index is 12.3. The molecule has 1 heterocycles. The zero-order valence-electron chi connectivity index (χ0n) is 14.6. The van der Waals surface area contributed by atoms with E-state index in [1.165, 1.54) is 13.3 Å². The maximum absolute atomic E-state index is 12.3. The third-order valence-electron chi connectivity index (χ3n) is 3.90. The summed E-state index contributed by atoms with van der Waals surface area (Å²) >= 11 is 6.13. The van der Waals surface area contributed by atoms with Gasteiger partial charge in [-0.25, -0.2) is 4.79 Å². The first kappa shape index (κ1) is 18.7. The summed E-state index contributed by atoms with van der Waals surface area (Å²) in [4.78, 5) is 24.4. The first-order valence-corrected chi connectivity index (χ1v) is 8.55. The average molecular weight is 385 g/mol. The molecule has 0 aliphatic carbocycles. The van der Waals surface area contributed by atoms with Gasteiger partial charge in [0, 0.05) is 11.2 Å². The van der Waals surface area contributed by atoms with E-state index in [1.807, 2.05) is 18.2 Å². The lowest BCUT2D eigenvalue weighted by molar-refractivity contribution is 0.0474. The van der Waals surface area contributed by atoms with Crippen LogP contribution in [0.5, 0.6) is 5.75 Å². The summed E-state index contributed by atoms with van der Waals surface area (Å²) in [5.74, 6) is -0.529. The van der Waals surface area contributed by atoms with Crippen LogP contribution in [0, 0.1) is 0 Å². The molecule has 0 atom stereocenters. The third-order valence-corrected chi connectivity index (χ3v) is 4.27. The molecule has 6 nitrogen and oxygen atoms in total. The zero-order chi connectivity index (χ0) is 19.2. The van der Waals surface area contributed by atoms with Gasteiger partial charge in [-0.15, -0.1) is 0 Å². The van der Waals surface area contributed by atoms with E-state index in [0.29, 0.717) is 22.9 Å². The summed E-state index contributed by atoms with van der Waals surface area (Å²) in [6.07, 6.45) is 2.95. The van der Waals surface area contributed by atoms with Gasteiger partial charge in [0.2, 0.25) is 5.78 Å². The maximum Gasteiger partial charge on any atom is 0.341 e. The number of halogens is 1. The van der Waals surface area contributed by atoms with Crippen molar-refractivity contribution < 1.29 is 19.1 Å². The third kappa shape index (κ3) is 4.54. The van der Waals surface area contributed by atoms with Crippen LogP contribution in [0.2, 0.25) is 5.02 Å². The van der Waals surface area contributed by atoms with E-state index in [2.05, 4.69) is 5.10 Å². The van der Waals surface area contributed by atoms with Gasteiger partial charge in [0.25, 0.3) is 0 Å². The van der Waals surface area contributed by atoms with E-state index < -0.39 is 5.97 Å². The lowest BCUT2D eigenvalue weighted by Gasteiger charge is -2.07. The molecule has 0 radical (unpaired) electrons. The summed E-state index contributed by atoms with van der Waals surface area (Å²) in [6.45, 7) is 0.0436. The molecule has 0 saturated carbocycles. The van der Waals surface area contributed by atoms with Gasteiger partial charge in [-0.2, -0.15) is 5.10 Å². The summed E-state index contributed by atoms with van der Waals surface area (Å²) in [5, 5.41) is 4.76. The molecule has 0 N–H and O–H groups in total. The van der Waals surface area contributed by atoms with Crippen molar-refractivity contribution in [3.63, 3.8) is 0 Å². The lowest BCUT2D eigenvalue weighted by atomic mass is 10.1. The molecule has 3 aromatic rings. The van der Waals surface area contributed by atoms with Gasteiger partial charge in [-0.3, -0.25) is 9.48 Å².